The average Bonchev–Trinajstić information content (AvgIpc) is 2.75. The number of hydrogen-bond donors (Lipinski definition) is 0. The summed E-state index contributed by atoms with van der Waals surface area (Å²) in [5, 5.41) is 2.09. The normalized spacial score (nSPS) is 20.1. The van der Waals surface area contributed by atoms with E-state index in [1.807, 2.05) is 24.3 Å². The Morgan fingerprint density at radius 2 is 1.72 bits per heavy atom. The van der Waals surface area contributed by atoms with Crippen molar-refractivity contribution in [2.45, 2.75) is 45.6 Å². The van der Waals surface area contributed by atoms with Crippen molar-refractivity contribution < 1.29 is 13.9 Å². The lowest BCUT2D eigenvalue weighted by Crippen LogP contribution is -2.23. The smallest absolute Gasteiger partial charge is 0.161 e. The molecule has 0 bridgehead atoms. The average molecular weight is 392 g/mol. The van der Waals surface area contributed by atoms with E-state index in [1.54, 1.807) is 14.2 Å². The van der Waals surface area contributed by atoms with E-state index in [0.29, 0.717) is 23.5 Å². The lowest BCUT2D eigenvalue weighted by atomic mass is 9.86. The van der Waals surface area contributed by atoms with Gasteiger partial charge in [0.05, 0.1) is 25.6 Å². The van der Waals surface area contributed by atoms with Crippen molar-refractivity contribution in [3.8, 4) is 22.8 Å². The maximum absolute atomic E-state index is 6.28. The minimum Gasteiger partial charge on any atom is -0.493 e. The Morgan fingerprint density at radius 3 is 2.48 bits per heavy atom. The maximum atomic E-state index is 6.28. The summed E-state index contributed by atoms with van der Waals surface area (Å²) in [6.07, 6.45) is 4.99. The second-order valence-corrected chi connectivity index (χ2v) is 8.02. The van der Waals surface area contributed by atoms with E-state index in [4.69, 9.17) is 18.9 Å². The quantitative estimate of drug-likeness (QED) is 0.556. The summed E-state index contributed by atoms with van der Waals surface area (Å²) in [5.41, 5.74) is 3.00. The van der Waals surface area contributed by atoms with Crippen LogP contribution in [0.2, 0.25) is 0 Å². The molecule has 2 aromatic carbocycles. The molecule has 4 heteroatoms. The molecule has 0 unspecified atom stereocenters. The molecule has 0 aliphatic heterocycles. The molecule has 0 spiro atoms. The standard InChI is InChI=1S/C25H29NO3/c1-16-9-11-22-19(13-16)21(26-20-8-6-5-7-17(20)2)15-24(29-22)18-10-12-23(27-3)25(14-18)28-4/h9-15,17,20H,5-8H2,1-4H3/t17-,20-/m1/s1. The van der Waals surface area contributed by atoms with Crippen molar-refractivity contribution >= 4 is 11.0 Å². The molecule has 0 N–H and O–H groups in total. The first-order valence-corrected chi connectivity index (χ1v) is 10.4. The molecule has 1 fully saturated rings. The van der Waals surface area contributed by atoms with Crippen LogP contribution in [0.25, 0.3) is 22.3 Å². The Hall–Kier alpha value is -2.75. The SMILES string of the molecule is COc1ccc(-c2cc(=N[C@@H]3CCCC[C@H]3C)c3cc(C)ccc3o2)cc1OC. The van der Waals surface area contributed by atoms with Crippen molar-refractivity contribution in [2.24, 2.45) is 10.9 Å². The molecule has 1 aliphatic rings. The fraction of sp³-hybridized carbons (Fsp3) is 0.400. The molecule has 1 aromatic heterocycles. The van der Waals surface area contributed by atoms with Gasteiger partial charge in [0.2, 0.25) is 0 Å². The van der Waals surface area contributed by atoms with E-state index in [1.165, 1.54) is 24.8 Å². The maximum Gasteiger partial charge on any atom is 0.161 e. The second kappa shape index (κ2) is 8.32. The highest BCUT2D eigenvalue weighted by Gasteiger charge is 2.20. The topological polar surface area (TPSA) is 44.0 Å². The number of ether oxygens (including phenoxy) is 2. The summed E-state index contributed by atoms with van der Waals surface area (Å²) in [7, 11) is 3.29. The minimum absolute atomic E-state index is 0.369. The number of fused-ring (bicyclic) bond motifs is 1. The van der Waals surface area contributed by atoms with Gasteiger partial charge in [0, 0.05) is 17.0 Å². The Morgan fingerprint density at radius 1 is 0.931 bits per heavy atom. The van der Waals surface area contributed by atoms with Crippen molar-refractivity contribution in [3.63, 3.8) is 0 Å². The molecule has 1 saturated carbocycles. The third-order valence-electron chi connectivity index (χ3n) is 5.94. The van der Waals surface area contributed by atoms with Crippen LogP contribution in [0.15, 0.2) is 51.9 Å². The summed E-state index contributed by atoms with van der Waals surface area (Å²) >= 11 is 0. The molecular formula is C25H29NO3. The molecule has 0 amide bonds. The van der Waals surface area contributed by atoms with Gasteiger partial charge in [0.15, 0.2) is 11.5 Å². The number of aryl methyl sites for hydroxylation is 1. The van der Waals surface area contributed by atoms with E-state index >= 15 is 0 Å². The van der Waals surface area contributed by atoms with Crippen LogP contribution in [0.4, 0.5) is 0 Å². The Bertz CT molecular complexity index is 1080. The predicted molar refractivity (Wildman–Crippen MR) is 116 cm³/mol. The van der Waals surface area contributed by atoms with Gasteiger partial charge in [0.25, 0.3) is 0 Å². The fourth-order valence-electron chi connectivity index (χ4n) is 4.19. The molecule has 3 aromatic rings. The lowest BCUT2D eigenvalue weighted by Gasteiger charge is -2.25. The van der Waals surface area contributed by atoms with Gasteiger partial charge >= 0.3 is 0 Å². The molecule has 29 heavy (non-hydrogen) atoms. The zero-order valence-electron chi connectivity index (χ0n) is 17.7. The van der Waals surface area contributed by atoms with Crippen LogP contribution in [-0.2, 0) is 0 Å². The van der Waals surface area contributed by atoms with Crippen LogP contribution < -0.4 is 14.8 Å². The summed E-state index contributed by atoms with van der Waals surface area (Å²) in [5.74, 6) is 2.78. The molecule has 4 nitrogen and oxygen atoms in total. The van der Waals surface area contributed by atoms with E-state index < -0.39 is 0 Å². The monoisotopic (exact) mass is 391 g/mol. The Balaban J connectivity index is 1.89. The summed E-state index contributed by atoms with van der Waals surface area (Å²) in [4.78, 5) is 5.21. The minimum atomic E-state index is 0.369. The Kier molecular flexibility index (Phi) is 5.61. The summed E-state index contributed by atoms with van der Waals surface area (Å²) in [6.45, 7) is 4.43. The first kappa shape index (κ1) is 19.6. The molecular weight excluding hydrogens is 362 g/mol. The lowest BCUT2D eigenvalue weighted by molar-refractivity contribution is 0.328. The largest absolute Gasteiger partial charge is 0.493 e. The van der Waals surface area contributed by atoms with E-state index in [-0.39, 0.29) is 0 Å². The first-order valence-electron chi connectivity index (χ1n) is 10.4. The fourth-order valence-corrected chi connectivity index (χ4v) is 4.19. The van der Waals surface area contributed by atoms with Crippen LogP contribution >= 0.6 is 0 Å². The molecule has 0 radical (unpaired) electrons. The number of methoxy groups -OCH3 is 2. The van der Waals surface area contributed by atoms with Crippen LogP contribution in [0, 0.1) is 12.8 Å². The number of nitrogens with zero attached hydrogens (tertiary/aromatic N) is 1. The molecule has 0 saturated heterocycles. The predicted octanol–water partition coefficient (Wildman–Crippen LogP) is 5.90. The molecule has 1 heterocycles. The highest BCUT2D eigenvalue weighted by atomic mass is 16.5. The molecule has 1 aliphatic carbocycles. The van der Waals surface area contributed by atoms with Gasteiger partial charge in [0.1, 0.15) is 11.3 Å². The van der Waals surface area contributed by atoms with E-state index in [0.717, 1.165) is 34.1 Å². The second-order valence-electron chi connectivity index (χ2n) is 8.02. The van der Waals surface area contributed by atoms with Crippen LogP contribution in [0.3, 0.4) is 0 Å². The van der Waals surface area contributed by atoms with Crippen molar-refractivity contribution in [1.29, 1.82) is 0 Å². The van der Waals surface area contributed by atoms with Gasteiger partial charge in [-0.25, -0.2) is 0 Å². The van der Waals surface area contributed by atoms with Gasteiger partial charge < -0.3 is 13.9 Å². The highest BCUT2D eigenvalue weighted by Crippen LogP contribution is 2.33. The van der Waals surface area contributed by atoms with Gasteiger partial charge in [-0.2, -0.15) is 0 Å². The van der Waals surface area contributed by atoms with E-state index in [9.17, 15) is 0 Å². The van der Waals surface area contributed by atoms with Crippen molar-refractivity contribution in [1.82, 2.24) is 0 Å². The van der Waals surface area contributed by atoms with Gasteiger partial charge in [-0.3, -0.25) is 4.99 Å². The van der Waals surface area contributed by atoms with Gasteiger partial charge in [-0.1, -0.05) is 31.4 Å². The number of hydrogen-bond acceptors (Lipinski definition) is 4. The van der Waals surface area contributed by atoms with Crippen LogP contribution in [-0.4, -0.2) is 20.3 Å². The zero-order valence-corrected chi connectivity index (χ0v) is 17.7. The van der Waals surface area contributed by atoms with Crippen LogP contribution in [0.1, 0.15) is 38.2 Å². The van der Waals surface area contributed by atoms with Gasteiger partial charge in [-0.05, 0) is 56.0 Å². The number of benzene rings is 2. The number of rotatable bonds is 4. The third-order valence-corrected chi connectivity index (χ3v) is 5.94. The summed E-state index contributed by atoms with van der Waals surface area (Å²) < 4.78 is 17.1. The third kappa shape index (κ3) is 4.02. The highest BCUT2D eigenvalue weighted by molar-refractivity contribution is 5.79. The van der Waals surface area contributed by atoms with Crippen LogP contribution in [0.5, 0.6) is 11.5 Å². The van der Waals surface area contributed by atoms with Gasteiger partial charge in [-0.15, -0.1) is 0 Å². The van der Waals surface area contributed by atoms with Crippen molar-refractivity contribution in [3.05, 3.63) is 53.4 Å². The molecule has 152 valence electrons. The summed E-state index contributed by atoms with van der Waals surface area (Å²) in [6, 6.07) is 14.6. The van der Waals surface area contributed by atoms with E-state index in [2.05, 4.69) is 32.0 Å². The first-order chi connectivity index (χ1) is 14.1. The zero-order chi connectivity index (χ0) is 20.4. The van der Waals surface area contributed by atoms with Crippen molar-refractivity contribution in [2.75, 3.05) is 14.2 Å². The molecule has 4 rings (SSSR count). The Labute approximate surface area is 172 Å². The molecule has 2 atom stereocenters.